The van der Waals surface area contributed by atoms with Crippen molar-refractivity contribution in [1.82, 2.24) is 10.2 Å². The van der Waals surface area contributed by atoms with Gasteiger partial charge in [0.25, 0.3) is 0 Å². The Morgan fingerprint density at radius 1 is 1.28 bits per heavy atom. The summed E-state index contributed by atoms with van der Waals surface area (Å²) in [4.78, 5) is 12.5. The molecule has 0 unspecified atom stereocenters. The van der Waals surface area contributed by atoms with Crippen LogP contribution in [0.25, 0.3) is 21.9 Å². The van der Waals surface area contributed by atoms with Crippen LogP contribution in [0.15, 0.2) is 57.8 Å². The lowest BCUT2D eigenvalue weighted by Gasteiger charge is -2.10. The number of carbonyl (C=O) groups excluding carboxylic acids is 1. The van der Waals surface area contributed by atoms with Gasteiger partial charge in [0.2, 0.25) is 11.0 Å². The second-order valence-electron chi connectivity index (χ2n) is 6.03. The first-order valence-electron chi connectivity index (χ1n) is 8.78. The summed E-state index contributed by atoms with van der Waals surface area (Å²) >= 11 is 2.72. The lowest BCUT2D eigenvalue weighted by Crippen LogP contribution is -2.14. The third-order valence-electron chi connectivity index (χ3n) is 4.10. The standard InChI is InChI=1S/C20H18N4O3S2/c1-3-8-21-19-23-24-20(29-19)28-11-18(25)22-14-10-16-13(9-17(14)26-2)12-6-4-5-7-15(12)27-16/h3-7,9-10H,1,8,11H2,2H3,(H,21,23)(H,22,25). The first kappa shape index (κ1) is 19.3. The lowest BCUT2D eigenvalue weighted by atomic mass is 10.1. The maximum absolute atomic E-state index is 12.5. The molecule has 0 radical (unpaired) electrons. The first-order valence-corrected chi connectivity index (χ1v) is 10.6. The van der Waals surface area contributed by atoms with Gasteiger partial charge in [-0.1, -0.05) is 47.4 Å². The largest absolute Gasteiger partial charge is 0.495 e. The van der Waals surface area contributed by atoms with Gasteiger partial charge < -0.3 is 19.8 Å². The Morgan fingerprint density at radius 2 is 2.14 bits per heavy atom. The zero-order valence-corrected chi connectivity index (χ0v) is 17.2. The Kier molecular flexibility index (Phi) is 5.68. The molecule has 2 aromatic heterocycles. The molecule has 0 saturated carbocycles. The zero-order chi connectivity index (χ0) is 20.2. The third-order valence-corrected chi connectivity index (χ3v) is 6.12. The van der Waals surface area contributed by atoms with Crippen LogP contribution in [0, 0.1) is 0 Å². The molecule has 9 heteroatoms. The number of amides is 1. The van der Waals surface area contributed by atoms with Gasteiger partial charge >= 0.3 is 0 Å². The minimum atomic E-state index is -0.167. The van der Waals surface area contributed by atoms with Crippen LogP contribution in [0.4, 0.5) is 10.8 Å². The Balaban J connectivity index is 1.47. The van der Waals surface area contributed by atoms with Crippen molar-refractivity contribution >= 4 is 61.8 Å². The van der Waals surface area contributed by atoms with E-state index in [9.17, 15) is 4.79 Å². The molecule has 4 rings (SSSR count). The number of thioether (sulfide) groups is 1. The van der Waals surface area contributed by atoms with E-state index >= 15 is 0 Å². The van der Waals surface area contributed by atoms with Crippen LogP contribution in [-0.4, -0.2) is 35.5 Å². The number of nitrogens with zero attached hydrogens (tertiary/aromatic N) is 2. The number of furan rings is 1. The van der Waals surface area contributed by atoms with Gasteiger partial charge in [-0.2, -0.15) is 0 Å². The zero-order valence-electron chi connectivity index (χ0n) is 15.6. The summed E-state index contributed by atoms with van der Waals surface area (Å²) in [7, 11) is 1.58. The summed E-state index contributed by atoms with van der Waals surface area (Å²) in [5.74, 6) is 0.617. The molecule has 148 valence electrons. The van der Waals surface area contributed by atoms with E-state index in [0.717, 1.165) is 16.4 Å². The van der Waals surface area contributed by atoms with Crippen LogP contribution in [-0.2, 0) is 4.79 Å². The number of fused-ring (bicyclic) bond motifs is 3. The number of nitrogens with one attached hydrogen (secondary N) is 2. The fraction of sp³-hybridized carbons (Fsp3) is 0.150. The first-order chi connectivity index (χ1) is 14.2. The van der Waals surface area contributed by atoms with E-state index in [1.54, 1.807) is 19.3 Å². The SMILES string of the molecule is C=CCNc1nnc(SCC(=O)Nc2cc3oc4ccccc4c3cc2OC)s1. The molecule has 29 heavy (non-hydrogen) atoms. The van der Waals surface area contributed by atoms with Crippen molar-refractivity contribution in [2.24, 2.45) is 0 Å². The van der Waals surface area contributed by atoms with Gasteiger partial charge in [-0.05, 0) is 12.1 Å². The molecule has 4 aromatic rings. The number of aromatic nitrogens is 2. The minimum Gasteiger partial charge on any atom is -0.495 e. The molecule has 2 aromatic carbocycles. The number of anilines is 2. The van der Waals surface area contributed by atoms with Crippen LogP contribution in [0.1, 0.15) is 0 Å². The minimum absolute atomic E-state index is 0.167. The fourth-order valence-corrected chi connectivity index (χ4v) is 4.39. The smallest absolute Gasteiger partial charge is 0.234 e. The van der Waals surface area contributed by atoms with Gasteiger partial charge in [-0.25, -0.2) is 0 Å². The molecular formula is C20H18N4O3S2. The van der Waals surface area contributed by atoms with Crippen LogP contribution in [0.5, 0.6) is 5.75 Å². The molecule has 0 aliphatic rings. The quantitative estimate of drug-likeness (QED) is 0.310. The average Bonchev–Trinajstić information content (AvgIpc) is 3.34. The average molecular weight is 427 g/mol. The van der Waals surface area contributed by atoms with Crippen LogP contribution in [0.3, 0.4) is 0 Å². The molecule has 0 spiro atoms. The fourth-order valence-electron chi connectivity index (χ4n) is 2.83. The summed E-state index contributed by atoms with van der Waals surface area (Å²) in [6.07, 6.45) is 1.74. The number of hydrogen-bond acceptors (Lipinski definition) is 8. The molecule has 2 N–H and O–H groups in total. The third kappa shape index (κ3) is 4.20. The Hall–Kier alpha value is -3.04. The summed E-state index contributed by atoms with van der Waals surface area (Å²) in [6, 6.07) is 11.5. The van der Waals surface area contributed by atoms with Gasteiger partial charge in [0.05, 0.1) is 18.6 Å². The number of para-hydroxylation sites is 1. The monoisotopic (exact) mass is 426 g/mol. The van der Waals surface area contributed by atoms with E-state index < -0.39 is 0 Å². The number of ether oxygens (including phenoxy) is 1. The lowest BCUT2D eigenvalue weighted by molar-refractivity contribution is -0.113. The molecular weight excluding hydrogens is 408 g/mol. The van der Waals surface area contributed by atoms with Crippen molar-refractivity contribution in [3.8, 4) is 5.75 Å². The highest BCUT2D eigenvalue weighted by molar-refractivity contribution is 8.01. The van der Waals surface area contributed by atoms with Crippen molar-refractivity contribution in [3.63, 3.8) is 0 Å². The number of benzene rings is 2. The van der Waals surface area contributed by atoms with Crippen LogP contribution >= 0.6 is 23.1 Å². The van der Waals surface area contributed by atoms with Gasteiger partial charge in [-0.3, -0.25) is 4.79 Å². The predicted molar refractivity (Wildman–Crippen MR) is 118 cm³/mol. The molecule has 0 aliphatic heterocycles. The summed E-state index contributed by atoms with van der Waals surface area (Å²) in [5, 5.41) is 16.7. The Bertz CT molecular complexity index is 1190. The molecule has 0 bridgehead atoms. The van der Waals surface area contributed by atoms with E-state index in [1.807, 2.05) is 30.3 Å². The molecule has 0 aliphatic carbocycles. The second-order valence-corrected chi connectivity index (χ2v) is 8.23. The molecule has 0 atom stereocenters. The molecule has 7 nitrogen and oxygen atoms in total. The number of hydrogen-bond donors (Lipinski definition) is 2. The summed E-state index contributed by atoms with van der Waals surface area (Å²) < 4.78 is 12.1. The van der Waals surface area contributed by atoms with Crippen molar-refractivity contribution in [2.75, 3.05) is 30.0 Å². The topological polar surface area (TPSA) is 89.3 Å². The van der Waals surface area contributed by atoms with Crippen molar-refractivity contribution in [3.05, 3.63) is 49.1 Å². The van der Waals surface area contributed by atoms with Gasteiger partial charge in [0.1, 0.15) is 16.9 Å². The molecule has 0 fully saturated rings. The van der Waals surface area contributed by atoms with E-state index in [1.165, 1.54) is 23.1 Å². The van der Waals surface area contributed by atoms with Crippen LogP contribution < -0.4 is 15.4 Å². The predicted octanol–water partition coefficient (Wildman–Crippen LogP) is 4.77. The van der Waals surface area contributed by atoms with Gasteiger partial charge in [0.15, 0.2) is 4.34 Å². The van der Waals surface area contributed by atoms with Crippen molar-refractivity contribution in [2.45, 2.75) is 4.34 Å². The number of rotatable bonds is 8. The Labute approximate surface area is 175 Å². The maximum Gasteiger partial charge on any atom is 0.234 e. The highest BCUT2D eigenvalue weighted by Gasteiger charge is 2.15. The highest BCUT2D eigenvalue weighted by atomic mass is 32.2. The van der Waals surface area contributed by atoms with E-state index in [-0.39, 0.29) is 11.7 Å². The summed E-state index contributed by atoms with van der Waals surface area (Å²) in [5.41, 5.74) is 2.05. The van der Waals surface area contributed by atoms with E-state index in [4.69, 9.17) is 9.15 Å². The van der Waals surface area contributed by atoms with E-state index in [2.05, 4.69) is 27.4 Å². The van der Waals surface area contributed by atoms with Crippen LogP contribution in [0.2, 0.25) is 0 Å². The van der Waals surface area contributed by atoms with Gasteiger partial charge in [0, 0.05) is 23.4 Å². The number of carbonyl (C=O) groups is 1. The van der Waals surface area contributed by atoms with Crippen molar-refractivity contribution in [1.29, 1.82) is 0 Å². The highest BCUT2D eigenvalue weighted by Crippen LogP contribution is 2.36. The van der Waals surface area contributed by atoms with Crippen molar-refractivity contribution < 1.29 is 13.9 Å². The normalized spacial score (nSPS) is 10.9. The van der Waals surface area contributed by atoms with E-state index in [0.29, 0.717) is 33.0 Å². The summed E-state index contributed by atoms with van der Waals surface area (Å²) in [6.45, 7) is 4.26. The second kappa shape index (κ2) is 8.54. The number of methoxy groups -OCH3 is 1. The maximum atomic E-state index is 12.5. The molecule has 2 heterocycles. The Morgan fingerprint density at radius 3 is 2.97 bits per heavy atom. The van der Waals surface area contributed by atoms with Gasteiger partial charge in [-0.15, -0.1) is 16.8 Å². The molecule has 1 amide bonds. The molecule has 0 saturated heterocycles.